The van der Waals surface area contributed by atoms with E-state index in [0.29, 0.717) is 29.7 Å². The minimum atomic E-state index is -1.21. The Hall–Kier alpha value is -3.97. The summed E-state index contributed by atoms with van der Waals surface area (Å²) in [6.45, 7) is 12.9. The fourth-order valence-corrected chi connectivity index (χ4v) is 5.85. The Morgan fingerprint density at radius 2 is 1.46 bits per heavy atom. The summed E-state index contributed by atoms with van der Waals surface area (Å²) in [7, 11) is 0. The van der Waals surface area contributed by atoms with Gasteiger partial charge >= 0.3 is 12.1 Å². The van der Waals surface area contributed by atoms with Crippen molar-refractivity contribution in [2.75, 3.05) is 18.6 Å². The highest BCUT2D eigenvalue weighted by atomic mass is 32.2. The first-order valence-electron chi connectivity index (χ1n) is 17.5. The quantitative estimate of drug-likeness (QED) is 0.0956. The fraction of sp³-hybridized carbons (Fsp3) is 0.550. The van der Waals surface area contributed by atoms with Crippen molar-refractivity contribution in [1.29, 1.82) is 0 Å². The van der Waals surface area contributed by atoms with Gasteiger partial charge in [0.25, 0.3) is 0 Å². The highest BCUT2D eigenvalue weighted by Gasteiger charge is 2.39. The number of terminal acetylenes is 1. The number of amides is 3. The maximum absolute atomic E-state index is 14.7. The van der Waals surface area contributed by atoms with Gasteiger partial charge in [-0.3, -0.25) is 9.59 Å². The summed E-state index contributed by atoms with van der Waals surface area (Å²) in [5.74, 6) is 1.63. The number of unbranched alkanes of at least 4 members (excludes halogenated alkanes) is 4. The Morgan fingerprint density at radius 1 is 0.840 bits per heavy atom. The number of ether oxygens (including phenoxy) is 2. The number of thioether (sulfide) groups is 1. The maximum Gasteiger partial charge on any atom is 0.408 e. The van der Waals surface area contributed by atoms with Gasteiger partial charge in [0.1, 0.15) is 29.3 Å². The van der Waals surface area contributed by atoms with Gasteiger partial charge in [0, 0.05) is 18.5 Å². The van der Waals surface area contributed by atoms with Gasteiger partial charge < -0.3 is 25.0 Å². The lowest BCUT2D eigenvalue weighted by molar-refractivity contribution is -0.159. The number of hydrogen-bond donors (Lipinski definition) is 2. The predicted octanol–water partition coefficient (Wildman–Crippen LogP) is 7.22. The predicted molar refractivity (Wildman–Crippen MR) is 202 cm³/mol. The molecular formula is C40H57N3O6S. The Kier molecular flexibility index (Phi) is 17.4. The summed E-state index contributed by atoms with van der Waals surface area (Å²) in [6, 6.07) is 13.1. The van der Waals surface area contributed by atoms with Gasteiger partial charge in [-0.1, -0.05) is 87.1 Å². The van der Waals surface area contributed by atoms with Gasteiger partial charge in [0.05, 0.1) is 0 Å². The van der Waals surface area contributed by atoms with Gasteiger partial charge in [-0.05, 0) is 83.6 Å². The van der Waals surface area contributed by atoms with Gasteiger partial charge in [-0.15, -0.1) is 6.42 Å². The second-order valence-electron chi connectivity index (χ2n) is 14.3. The topological polar surface area (TPSA) is 114 Å². The molecule has 0 bridgehead atoms. The van der Waals surface area contributed by atoms with Crippen LogP contribution in [-0.4, -0.2) is 70.6 Å². The standard InChI is InChI=1S/C40H57N3O6S/c1-10-12-13-14-20-26-43(36(45)32(25-27-50-9)42-38(47)49-40(6,7)8)34(31-24-19-18-23-30(31)11-2)35(44)41-33(37(46)48-39(3,4)5)28-29-21-16-15-17-22-29/h2,15-19,21-24,32-34H,10,12-14,20,25-28H2,1,3-9H3,(H,41,44)(H,42,47). The van der Waals surface area contributed by atoms with E-state index in [2.05, 4.69) is 23.5 Å². The largest absolute Gasteiger partial charge is 0.458 e. The number of nitrogens with one attached hydrogen (secondary N) is 2. The average molecular weight is 708 g/mol. The molecule has 50 heavy (non-hydrogen) atoms. The van der Waals surface area contributed by atoms with Crippen LogP contribution in [0.5, 0.6) is 0 Å². The summed E-state index contributed by atoms with van der Waals surface area (Å²) < 4.78 is 11.3. The van der Waals surface area contributed by atoms with E-state index in [-0.39, 0.29) is 13.0 Å². The lowest BCUT2D eigenvalue weighted by atomic mass is 9.96. The number of esters is 1. The minimum absolute atomic E-state index is 0.173. The third kappa shape index (κ3) is 14.9. The third-order valence-corrected chi connectivity index (χ3v) is 8.29. The van der Waals surface area contributed by atoms with Crippen LogP contribution >= 0.6 is 11.8 Å². The van der Waals surface area contributed by atoms with E-state index in [1.165, 1.54) is 4.90 Å². The van der Waals surface area contributed by atoms with Crippen molar-refractivity contribution in [3.63, 3.8) is 0 Å². The molecule has 2 rings (SSSR count). The summed E-state index contributed by atoms with van der Waals surface area (Å²) in [5, 5.41) is 5.72. The van der Waals surface area contributed by atoms with Crippen molar-refractivity contribution in [3.8, 4) is 12.3 Å². The fourth-order valence-electron chi connectivity index (χ4n) is 5.38. The number of rotatable bonds is 18. The van der Waals surface area contributed by atoms with Gasteiger partial charge in [0.2, 0.25) is 11.8 Å². The molecule has 0 aromatic heterocycles. The van der Waals surface area contributed by atoms with Crippen molar-refractivity contribution < 1.29 is 28.7 Å². The van der Waals surface area contributed by atoms with Crippen LogP contribution in [0.15, 0.2) is 54.6 Å². The molecule has 9 nitrogen and oxygen atoms in total. The molecule has 3 atom stereocenters. The van der Waals surface area contributed by atoms with E-state index in [1.54, 1.807) is 77.6 Å². The van der Waals surface area contributed by atoms with Crippen LogP contribution in [0.2, 0.25) is 0 Å². The SMILES string of the molecule is C#Cc1ccccc1C(C(=O)NC(Cc1ccccc1)C(=O)OC(C)(C)C)N(CCCCCCC)C(=O)C(CCSC)NC(=O)OC(C)(C)C. The molecule has 0 radical (unpaired) electrons. The number of benzene rings is 2. The molecule has 0 spiro atoms. The van der Waals surface area contributed by atoms with Crippen molar-refractivity contribution in [2.24, 2.45) is 0 Å². The van der Waals surface area contributed by atoms with Crippen LogP contribution < -0.4 is 10.6 Å². The Bertz CT molecular complexity index is 1430. The minimum Gasteiger partial charge on any atom is -0.458 e. The van der Waals surface area contributed by atoms with Gasteiger partial charge in [-0.2, -0.15) is 11.8 Å². The first kappa shape index (κ1) is 42.2. The molecule has 3 amide bonds. The first-order chi connectivity index (χ1) is 23.6. The molecule has 3 unspecified atom stereocenters. The second kappa shape index (κ2) is 20.6. The molecule has 10 heteroatoms. The van der Waals surface area contributed by atoms with E-state index in [4.69, 9.17) is 15.9 Å². The van der Waals surface area contributed by atoms with Crippen LogP contribution in [0.4, 0.5) is 4.79 Å². The number of carbonyl (C=O) groups is 4. The number of nitrogens with zero attached hydrogens (tertiary/aromatic N) is 1. The lowest BCUT2D eigenvalue weighted by Crippen LogP contribution is -2.55. The highest BCUT2D eigenvalue weighted by Crippen LogP contribution is 2.28. The Morgan fingerprint density at radius 3 is 2.06 bits per heavy atom. The second-order valence-corrected chi connectivity index (χ2v) is 15.3. The zero-order valence-electron chi connectivity index (χ0n) is 31.2. The Balaban J connectivity index is 2.68. The first-order valence-corrected chi connectivity index (χ1v) is 18.9. The number of alkyl carbamates (subject to hydrolysis) is 1. The monoisotopic (exact) mass is 707 g/mol. The maximum atomic E-state index is 14.7. The van der Waals surface area contributed by atoms with Gasteiger partial charge in [-0.25, -0.2) is 9.59 Å². The van der Waals surface area contributed by atoms with Crippen LogP contribution in [0.1, 0.15) is 110 Å². The van der Waals surface area contributed by atoms with Crippen LogP contribution in [0.25, 0.3) is 0 Å². The third-order valence-electron chi connectivity index (χ3n) is 7.65. The van der Waals surface area contributed by atoms with Crippen molar-refractivity contribution in [3.05, 3.63) is 71.3 Å². The molecule has 0 aliphatic carbocycles. The van der Waals surface area contributed by atoms with E-state index in [9.17, 15) is 19.2 Å². The van der Waals surface area contributed by atoms with Gasteiger partial charge in [0.15, 0.2) is 0 Å². The van der Waals surface area contributed by atoms with Crippen LogP contribution in [0, 0.1) is 12.3 Å². The summed E-state index contributed by atoms with van der Waals surface area (Å²) in [6.07, 6.45) is 12.2. The van der Waals surface area contributed by atoms with Crippen LogP contribution in [0.3, 0.4) is 0 Å². The number of hydrogen-bond acceptors (Lipinski definition) is 7. The van der Waals surface area contributed by atoms with E-state index in [0.717, 1.165) is 31.2 Å². The normalized spacial score (nSPS) is 13.3. The molecule has 0 heterocycles. The molecule has 0 aliphatic rings. The average Bonchev–Trinajstić information content (AvgIpc) is 3.04. The summed E-state index contributed by atoms with van der Waals surface area (Å²) in [5.41, 5.74) is 0.128. The van der Waals surface area contributed by atoms with E-state index < -0.39 is 53.2 Å². The molecule has 2 aromatic carbocycles. The molecule has 0 saturated heterocycles. The van der Waals surface area contributed by atoms with Crippen molar-refractivity contribution >= 4 is 35.6 Å². The van der Waals surface area contributed by atoms with Crippen LogP contribution in [-0.2, 0) is 30.3 Å². The summed E-state index contributed by atoms with van der Waals surface area (Å²) in [4.78, 5) is 57.5. The Labute approximate surface area is 304 Å². The van der Waals surface area contributed by atoms with E-state index >= 15 is 0 Å². The number of carbonyl (C=O) groups excluding carboxylic acids is 4. The molecule has 274 valence electrons. The summed E-state index contributed by atoms with van der Waals surface area (Å²) >= 11 is 1.54. The molecular weight excluding hydrogens is 651 g/mol. The van der Waals surface area contributed by atoms with Crippen molar-refractivity contribution in [1.82, 2.24) is 15.5 Å². The molecule has 2 N–H and O–H groups in total. The highest BCUT2D eigenvalue weighted by molar-refractivity contribution is 7.98. The molecule has 0 aliphatic heterocycles. The zero-order valence-corrected chi connectivity index (χ0v) is 32.0. The van der Waals surface area contributed by atoms with Crippen molar-refractivity contribution in [2.45, 2.75) is 123 Å². The smallest absolute Gasteiger partial charge is 0.408 e. The molecule has 2 aromatic rings. The molecule has 0 fully saturated rings. The molecule has 0 saturated carbocycles. The lowest BCUT2D eigenvalue weighted by Gasteiger charge is -2.36. The zero-order chi connectivity index (χ0) is 37.3. The van der Waals surface area contributed by atoms with E-state index in [1.807, 2.05) is 36.6 Å².